The molecule has 23 heavy (non-hydrogen) atoms. The largest absolute Gasteiger partial charge is 0.339 e. The van der Waals surface area contributed by atoms with Gasteiger partial charge in [0.2, 0.25) is 10.0 Å². The second-order valence-electron chi connectivity index (χ2n) is 5.41. The van der Waals surface area contributed by atoms with Crippen molar-refractivity contribution in [2.45, 2.75) is 30.0 Å². The van der Waals surface area contributed by atoms with Crippen LogP contribution in [0, 0.1) is 0 Å². The van der Waals surface area contributed by atoms with E-state index >= 15 is 0 Å². The molecule has 2 aromatic rings. The Bertz CT molecular complexity index is 760. The smallest absolute Gasteiger partial charge is 0.254 e. The Morgan fingerprint density at radius 3 is 2.70 bits per heavy atom. The minimum absolute atomic E-state index is 0.0688. The van der Waals surface area contributed by atoms with E-state index in [1.807, 2.05) is 17.5 Å². The van der Waals surface area contributed by atoms with Crippen molar-refractivity contribution < 1.29 is 13.2 Å². The molecule has 0 spiro atoms. The quantitative estimate of drug-likeness (QED) is 0.880. The van der Waals surface area contributed by atoms with Crippen LogP contribution in [0.3, 0.4) is 0 Å². The first kappa shape index (κ1) is 16.6. The summed E-state index contributed by atoms with van der Waals surface area (Å²) < 4.78 is 27.4. The monoisotopic (exact) mass is 370 g/mol. The van der Waals surface area contributed by atoms with Crippen LogP contribution in [0.5, 0.6) is 0 Å². The van der Waals surface area contributed by atoms with Gasteiger partial charge in [-0.05, 0) is 36.8 Å². The first-order valence-electron chi connectivity index (χ1n) is 7.46. The molecule has 0 bridgehead atoms. The molecule has 1 N–H and O–H groups in total. The first-order chi connectivity index (χ1) is 11.1. The zero-order valence-corrected chi connectivity index (χ0v) is 15.0. The van der Waals surface area contributed by atoms with Crippen molar-refractivity contribution in [3.05, 3.63) is 39.4 Å². The Hall–Kier alpha value is -1.22. The van der Waals surface area contributed by atoms with Gasteiger partial charge < -0.3 is 4.90 Å². The van der Waals surface area contributed by atoms with Crippen LogP contribution in [0.4, 0.5) is 0 Å². The van der Waals surface area contributed by atoms with E-state index in [1.54, 1.807) is 10.3 Å². The summed E-state index contributed by atoms with van der Waals surface area (Å²) in [6, 6.07) is 5.25. The van der Waals surface area contributed by atoms with E-state index in [0.717, 1.165) is 48.6 Å². The summed E-state index contributed by atoms with van der Waals surface area (Å²) in [6.45, 7) is 1.79. The Morgan fingerprint density at radius 1 is 1.22 bits per heavy atom. The average Bonchev–Trinajstić information content (AvgIpc) is 3.25. The first-order valence-corrected chi connectivity index (χ1v) is 10.7. The normalized spacial score (nSPS) is 15.7. The van der Waals surface area contributed by atoms with Crippen LogP contribution in [0.15, 0.2) is 33.2 Å². The number of sulfonamides is 1. The van der Waals surface area contributed by atoms with Crippen molar-refractivity contribution in [2.24, 2.45) is 0 Å². The number of nitrogens with one attached hydrogen (secondary N) is 1. The minimum atomic E-state index is -3.58. The van der Waals surface area contributed by atoms with Crippen LogP contribution in [0.2, 0.25) is 0 Å². The number of hydrogen-bond donors (Lipinski definition) is 1. The van der Waals surface area contributed by atoms with E-state index in [4.69, 9.17) is 0 Å². The van der Waals surface area contributed by atoms with Gasteiger partial charge in [0.25, 0.3) is 5.91 Å². The van der Waals surface area contributed by atoms with Crippen LogP contribution in [-0.2, 0) is 16.6 Å². The lowest BCUT2D eigenvalue weighted by Crippen LogP contribution is -2.35. The third-order valence-electron chi connectivity index (χ3n) is 3.75. The Balaban J connectivity index is 1.68. The van der Waals surface area contributed by atoms with Gasteiger partial charge in [-0.25, -0.2) is 13.1 Å². The van der Waals surface area contributed by atoms with E-state index < -0.39 is 10.0 Å². The molecule has 0 atom stereocenters. The molecule has 1 amide bonds. The number of likely N-dealkylation sites (tertiary alicyclic amines) is 1. The summed E-state index contributed by atoms with van der Waals surface area (Å²) in [5, 5.41) is 3.54. The minimum Gasteiger partial charge on any atom is -0.339 e. The molecule has 1 fully saturated rings. The lowest BCUT2D eigenvalue weighted by Gasteiger charge is -2.26. The third-order valence-corrected chi connectivity index (χ3v) is 7.46. The number of amides is 1. The fourth-order valence-corrected chi connectivity index (χ4v) is 5.44. The van der Waals surface area contributed by atoms with Crippen LogP contribution in [0.1, 0.15) is 34.5 Å². The summed E-state index contributed by atoms with van der Waals surface area (Å²) in [5.41, 5.74) is 0.466. The van der Waals surface area contributed by atoms with Crippen molar-refractivity contribution >= 4 is 38.6 Å². The summed E-state index contributed by atoms with van der Waals surface area (Å²) >= 11 is 2.59. The molecule has 0 aromatic carbocycles. The van der Waals surface area contributed by atoms with Gasteiger partial charge in [0.05, 0.1) is 5.56 Å². The van der Waals surface area contributed by atoms with Crippen molar-refractivity contribution in [2.75, 3.05) is 13.1 Å². The summed E-state index contributed by atoms with van der Waals surface area (Å²) in [5.74, 6) is -0.0688. The maximum absolute atomic E-state index is 12.4. The molecular formula is C15H18N2O3S3. The van der Waals surface area contributed by atoms with Gasteiger partial charge in [0, 0.05) is 29.9 Å². The van der Waals surface area contributed by atoms with Crippen LogP contribution >= 0.6 is 22.7 Å². The molecule has 0 saturated carbocycles. The van der Waals surface area contributed by atoms with E-state index in [0.29, 0.717) is 5.56 Å². The average molecular weight is 371 g/mol. The molecule has 1 aliphatic rings. The van der Waals surface area contributed by atoms with Crippen LogP contribution < -0.4 is 4.72 Å². The molecular weight excluding hydrogens is 352 g/mol. The van der Waals surface area contributed by atoms with Gasteiger partial charge in [0.15, 0.2) is 0 Å². The van der Waals surface area contributed by atoms with Gasteiger partial charge >= 0.3 is 0 Å². The molecule has 5 nitrogen and oxygen atoms in total. The Labute approximate surface area is 144 Å². The molecule has 8 heteroatoms. The molecule has 3 heterocycles. The molecule has 1 aliphatic heterocycles. The van der Waals surface area contributed by atoms with Crippen molar-refractivity contribution in [3.8, 4) is 0 Å². The number of carbonyl (C=O) groups excluding carboxylic acids is 1. The standard InChI is InChI=1S/C15H18N2O3S3/c18-15(17-6-2-1-3-7-17)12-9-14(22-11-12)23(19,20)16-10-13-5-4-8-21-13/h4-5,8-9,11,16H,1-3,6-7,10H2. The second kappa shape index (κ2) is 7.12. The second-order valence-corrected chi connectivity index (χ2v) is 9.35. The van der Waals surface area contributed by atoms with Gasteiger partial charge in [-0.3, -0.25) is 4.79 Å². The molecule has 0 radical (unpaired) electrons. The number of hydrogen-bond acceptors (Lipinski definition) is 5. The summed E-state index contributed by atoms with van der Waals surface area (Å²) in [6.07, 6.45) is 3.19. The van der Waals surface area contributed by atoms with E-state index in [9.17, 15) is 13.2 Å². The summed E-state index contributed by atoms with van der Waals surface area (Å²) in [4.78, 5) is 15.2. The highest BCUT2D eigenvalue weighted by molar-refractivity contribution is 7.91. The van der Waals surface area contributed by atoms with Crippen LogP contribution in [-0.4, -0.2) is 32.3 Å². The lowest BCUT2D eigenvalue weighted by molar-refractivity contribution is 0.0725. The van der Waals surface area contributed by atoms with Crippen molar-refractivity contribution in [3.63, 3.8) is 0 Å². The Morgan fingerprint density at radius 2 is 2.00 bits per heavy atom. The Kier molecular flexibility index (Phi) is 5.15. The fraction of sp³-hybridized carbons (Fsp3) is 0.400. The highest BCUT2D eigenvalue weighted by Gasteiger charge is 2.23. The molecule has 124 valence electrons. The van der Waals surface area contributed by atoms with Gasteiger partial charge in [-0.1, -0.05) is 6.07 Å². The zero-order chi connectivity index (χ0) is 16.3. The molecule has 0 unspecified atom stereocenters. The number of carbonyl (C=O) groups is 1. The predicted molar refractivity (Wildman–Crippen MR) is 92.4 cm³/mol. The highest BCUT2D eigenvalue weighted by Crippen LogP contribution is 2.23. The lowest BCUT2D eigenvalue weighted by atomic mass is 10.1. The zero-order valence-electron chi connectivity index (χ0n) is 12.5. The van der Waals surface area contributed by atoms with Gasteiger partial charge in [0.1, 0.15) is 4.21 Å². The van der Waals surface area contributed by atoms with Gasteiger partial charge in [-0.2, -0.15) is 0 Å². The summed E-state index contributed by atoms with van der Waals surface area (Å²) in [7, 11) is -3.58. The fourth-order valence-electron chi connectivity index (χ4n) is 2.50. The van der Waals surface area contributed by atoms with Crippen molar-refractivity contribution in [1.29, 1.82) is 0 Å². The third kappa shape index (κ3) is 4.00. The van der Waals surface area contributed by atoms with Gasteiger partial charge in [-0.15, -0.1) is 22.7 Å². The highest BCUT2D eigenvalue weighted by atomic mass is 32.2. The topological polar surface area (TPSA) is 66.5 Å². The maximum Gasteiger partial charge on any atom is 0.254 e. The van der Waals surface area contributed by atoms with Crippen molar-refractivity contribution in [1.82, 2.24) is 9.62 Å². The van der Waals surface area contributed by atoms with E-state index in [2.05, 4.69) is 4.72 Å². The SMILES string of the molecule is O=C(c1csc(S(=O)(=O)NCc2cccs2)c1)N1CCCCC1. The molecule has 2 aromatic heterocycles. The maximum atomic E-state index is 12.4. The molecule has 1 saturated heterocycles. The molecule has 3 rings (SSSR count). The molecule has 0 aliphatic carbocycles. The van der Waals surface area contributed by atoms with Crippen LogP contribution in [0.25, 0.3) is 0 Å². The van der Waals surface area contributed by atoms with E-state index in [1.165, 1.54) is 17.4 Å². The predicted octanol–water partition coefficient (Wildman–Crippen LogP) is 2.91. The number of thiophene rings is 2. The number of piperidine rings is 1. The van der Waals surface area contributed by atoms with E-state index in [-0.39, 0.29) is 16.7 Å². The number of rotatable bonds is 5. The number of nitrogens with zero attached hydrogens (tertiary/aromatic N) is 1.